The van der Waals surface area contributed by atoms with Crippen LogP contribution < -0.4 is 5.46 Å². The van der Waals surface area contributed by atoms with Crippen LogP contribution in [0.5, 0.6) is 0 Å². The molecule has 23 heavy (non-hydrogen) atoms. The first-order valence-corrected chi connectivity index (χ1v) is 8.06. The number of ketones is 1. The zero-order valence-corrected chi connectivity index (χ0v) is 14.0. The van der Waals surface area contributed by atoms with E-state index in [1.165, 1.54) is 0 Å². The maximum Gasteiger partial charge on any atom is 0.189 e. The van der Waals surface area contributed by atoms with E-state index in [1.807, 2.05) is 60.7 Å². The quantitative estimate of drug-likeness (QED) is 0.603. The van der Waals surface area contributed by atoms with Crippen LogP contribution in [0.1, 0.15) is 11.1 Å². The van der Waals surface area contributed by atoms with Crippen LogP contribution in [-0.2, 0) is 9.53 Å². The van der Waals surface area contributed by atoms with Crippen LogP contribution in [0.15, 0.2) is 64.1 Å². The van der Waals surface area contributed by atoms with Crippen molar-refractivity contribution in [2.45, 2.75) is 0 Å². The van der Waals surface area contributed by atoms with Gasteiger partial charge >= 0.3 is 0 Å². The van der Waals surface area contributed by atoms with E-state index in [1.54, 1.807) is 0 Å². The highest BCUT2D eigenvalue weighted by Crippen LogP contribution is 2.20. The fourth-order valence-corrected chi connectivity index (χ4v) is 2.64. The van der Waals surface area contributed by atoms with Crippen LogP contribution >= 0.6 is 15.9 Å². The van der Waals surface area contributed by atoms with Crippen LogP contribution in [-0.4, -0.2) is 26.8 Å². The van der Waals surface area contributed by atoms with E-state index in [4.69, 9.17) is 12.6 Å². The zero-order valence-electron chi connectivity index (χ0n) is 12.5. The largest absolute Gasteiger partial charge is 0.372 e. The molecule has 2 aromatic rings. The van der Waals surface area contributed by atoms with Gasteiger partial charge in [0.05, 0.1) is 13.2 Å². The standard InChI is InChI=1S/C19H14BBrO2/c20-17-5-1-13(2-6-17)9-15-11-23-12-16(19(15)22)10-14-3-7-18(21)8-4-14/h1-10H,11-12H2/b15-9+,16-10+. The number of ether oxygens (including phenoxy) is 1. The van der Waals surface area contributed by atoms with Crippen molar-refractivity contribution in [3.63, 3.8) is 0 Å². The van der Waals surface area contributed by atoms with Crippen LogP contribution in [0, 0.1) is 0 Å². The van der Waals surface area contributed by atoms with Crippen molar-refractivity contribution in [3.05, 3.63) is 75.3 Å². The highest BCUT2D eigenvalue weighted by Gasteiger charge is 2.21. The molecule has 0 aliphatic carbocycles. The number of benzene rings is 2. The van der Waals surface area contributed by atoms with E-state index in [2.05, 4.69) is 15.9 Å². The molecule has 0 saturated carbocycles. The molecule has 0 spiro atoms. The highest BCUT2D eigenvalue weighted by molar-refractivity contribution is 9.10. The minimum absolute atomic E-state index is 0.0380. The summed E-state index contributed by atoms with van der Waals surface area (Å²) < 4.78 is 6.57. The Labute approximate surface area is 145 Å². The summed E-state index contributed by atoms with van der Waals surface area (Å²) in [7, 11) is 5.68. The van der Waals surface area contributed by atoms with E-state index in [9.17, 15) is 4.79 Å². The third-order valence-corrected chi connectivity index (χ3v) is 4.12. The molecule has 3 rings (SSSR count). The fraction of sp³-hybridized carbons (Fsp3) is 0.105. The first-order chi connectivity index (χ1) is 11.1. The SMILES string of the molecule is [B]c1ccc(/C=C2\COC/C(=C\c3ccc(Br)cc3)C2=O)cc1. The lowest BCUT2D eigenvalue weighted by Gasteiger charge is -2.17. The van der Waals surface area contributed by atoms with Crippen LogP contribution in [0.3, 0.4) is 0 Å². The van der Waals surface area contributed by atoms with Crippen molar-refractivity contribution < 1.29 is 9.53 Å². The molecule has 2 radical (unpaired) electrons. The average Bonchev–Trinajstić information content (AvgIpc) is 2.55. The van der Waals surface area contributed by atoms with Gasteiger partial charge in [0.2, 0.25) is 0 Å². The van der Waals surface area contributed by atoms with E-state index in [0.717, 1.165) is 15.6 Å². The Balaban J connectivity index is 1.86. The first-order valence-electron chi connectivity index (χ1n) is 7.26. The van der Waals surface area contributed by atoms with Gasteiger partial charge in [0.25, 0.3) is 0 Å². The summed E-state index contributed by atoms with van der Waals surface area (Å²) >= 11 is 3.40. The summed E-state index contributed by atoms with van der Waals surface area (Å²) in [5, 5.41) is 0. The lowest BCUT2D eigenvalue weighted by atomic mass is 9.94. The number of hydrogen-bond donors (Lipinski definition) is 0. The lowest BCUT2D eigenvalue weighted by Crippen LogP contribution is -2.21. The normalized spacial score (nSPS) is 18.6. The Hall–Kier alpha value is -1.91. The second-order valence-corrected chi connectivity index (χ2v) is 6.29. The number of carbonyl (C=O) groups excluding carboxylic acids is 1. The van der Waals surface area contributed by atoms with Gasteiger partial charge in [-0.2, -0.15) is 0 Å². The molecule has 0 bridgehead atoms. The van der Waals surface area contributed by atoms with Crippen molar-refractivity contribution in [1.29, 1.82) is 0 Å². The predicted molar refractivity (Wildman–Crippen MR) is 97.8 cm³/mol. The van der Waals surface area contributed by atoms with Gasteiger partial charge in [-0.3, -0.25) is 4.79 Å². The molecular weight excluding hydrogens is 351 g/mol. The Morgan fingerprint density at radius 3 is 1.87 bits per heavy atom. The van der Waals surface area contributed by atoms with Crippen molar-refractivity contribution in [2.24, 2.45) is 0 Å². The molecule has 4 heteroatoms. The second-order valence-electron chi connectivity index (χ2n) is 5.38. The summed E-state index contributed by atoms with van der Waals surface area (Å²) in [6.07, 6.45) is 3.74. The van der Waals surface area contributed by atoms with Gasteiger partial charge in [0, 0.05) is 15.6 Å². The Kier molecular flexibility index (Phi) is 4.94. The number of Topliss-reactive ketones (excluding diaryl/α,β-unsaturated/α-hetero) is 1. The van der Waals surface area contributed by atoms with E-state index >= 15 is 0 Å². The van der Waals surface area contributed by atoms with Crippen molar-refractivity contribution in [1.82, 2.24) is 0 Å². The Morgan fingerprint density at radius 1 is 0.870 bits per heavy atom. The summed E-state index contributed by atoms with van der Waals surface area (Å²) in [5.74, 6) is 0.0380. The molecule has 0 N–H and O–H groups in total. The highest BCUT2D eigenvalue weighted by atomic mass is 79.9. The van der Waals surface area contributed by atoms with Crippen LogP contribution in [0.4, 0.5) is 0 Å². The van der Waals surface area contributed by atoms with E-state index < -0.39 is 0 Å². The number of halogens is 1. The maximum absolute atomic E-state index is 12.6. The summed E-state index contributed by atoms with van der Waals surface area (Å²) in [6, 6.07) is 15.2. The van der Waals surface area contributed by atoms with Crippen LogP contribution in [0.25, 0.3) is 12.2 Å². The fourth-order valence-electron chi connectivity index (χ4n) is 2.38. The van der Waals surface area contributed by atoms with Gasteiger partial charge in [-0.25, -0.2) is 0 Å². The van der Waals surface area contributed by atoms with Gasteiger partial charge in [0.1, 0.15) is 7.85 Å². The molecule has 1 aliphatic rings. The Morgan fingerprint density at radius 2 is 1.35 bits per heavy atom. The minimum Gasteiger partial charge on any atom is -0.372 e. The third-order valence-electron chi connectivity index (χ3n) is 3.59. The molecular formula is C19H14BBrO2. The molecule has 0 amide bonds. The lowest BCUT2D eigenvalue weighted by molar-refractivity contribution is -0.114. The topological polar surface area (TPSA) is 26.3 Å². The summed E-state index contributed by atoms with van der Waals surface area (Å²) in [6.45, 7) is 0.675. The number of rotatable bonds is 2. The number of carbonyl (C=O) groups is 1. The molecule has 1 fully saturated rings. The predicted octanol–water partition coefficient (Wildman–Crippen LogP) is 3.31. The molecule has 1 heterocycles. The molecule has 112 valence electrons. The number of hydrogen-bond acceptors (Lipinski definition) is 2. The minimum atomic E-state index is 0.0380. The third kappa shape index (κ3) is 4.09. The van der Waals surface area contributed by atoms with Crippen molar-refractivity contribution >= 4 is 47.2 Å². The smallest absolute Gasteiger partial charge is 0.189 e. The van der Waals surface area contributed by atoms with E-state index in [0.29, 0.717) is 29.8 Å². The van der Waals surface area contributed by atoms with Crippen molar-refractivity contribution in [2.75, 3.05) is 13.2 Å². The van der Waals surface area contributed by atoms with E-state index in [-0.39, 0.29) is 5.78 Å². The maximum atomic E-state index is 12.6. The summed E-state index contributed by atoms with van der Waals surface area (Å²) in [4.78, 5) is 12.6. The molecule has 1 saturated heterocycles. The second kappa shape index (κ2) is 7.11. The van der Waals surface area contributed by atoms with Gasteiger partial charge in [0.15, 0.2) is 5.78 Å². The molecule has 0 unspecified atom stereocenters. The van der Waals surface area contributed by atoms with Gasteiger partial charge in [-0.05, 0) is 35.4 Å². The van der Waals surface area contributed by atoms with Gasteiger partial charge in [-0.15, -0.1) is 0 Å². The molecule has 2 aromatic carbocycles. The van der Waals surface area contributed by atoms with Crippen molar-refractivity contribution in [3.8, 4) is 0 Å². The molecule has 0 atom stereocenters. The van der Waals surface area contributed by atoms with Gasteiger partial charge in [-0.1, -0.05) is 57.8 Å². The zero-order chi connectivity index (χ0) is 16.2. The molecule has 1 aliphatic heterocycles. The summed E-state index contributed by atoms with van der Waals surface area (Å²) in [5.41, 5.74) is 3.95. The monoisotopic (exact) mass is 364 g/mol. The van der Waals surface area contributed by atoms with Gasteiger partial charge < -0.3 is 4.74 Å². The molecule has 2 nitrogen and oxygen atoms in total. The first kappa shape index (κ1) is 16.0. The Bertz CT molecular complexity index is 709. The average molecular weight is 365 g/mol. The molecule has 0 aromatic heterocycles. The van der Waals surface area contributed by atoms with Crippen LogP contribution in [0.2, 0.25) is 0 Å².